The monoisotopic (exact) mass is 443 g/mol. The van der Waals surface area contributed by atoms with Crippen molar-refractivity contribution < 1.29 is 19.1 Å². The van der Waals surface area contributed by atoms with Crippen LogP contribution in [0.5, 0.6) is 5.75 Å². The van der Waals surface area contributed by atoms with Crippen molar-refractivity contribution in [2.45, 2.75) is 6.92 Å². The maximum atomic E-state index is 12.9. The van der Waals surface area contributed by atoms with E-state index < -0.39 is 5.91 Å². The lowest BCUT2D eigenvalue weighted by molar-refractivity contribution is 0.0303. The standard InChI is InChI=1S/C26H25N3O4/c1-15-11-16(4-6-23(15)32-2)18-12-20-19-5-3-17(26(31)29-7-9-33-10-8-29)14-22(19)28-24(20)21(13-18)25(27)30/h3-6,11-14,28H,7-10H2,1-2H3,(H2,27,30). The van der Waals surface area contributed by atoms with Gasteiger partial charge < -0.3 is 25.1 Å². The molecule has 2 amide bonds. The van der Waals surface area contributed by atoms with E-state index in [1.807, 2.05) is 49.4 Å². The predicted octanol–water partition coefficient (Wildman–Crippen LogP) is 3.88. The van der Waals surface area contributed by atoms with Crippen molar-refractivity contribution in [3.8, 4) is 16.9 Å². The van der Waals surface area contributed by atoms with Crippen LogP contribution in [-0.4, -0.2) is 55.1 Å². The highest BCUT2D eigenvalue weighted by molar-refractivity contribution is 6.17. The summed E-state index contributed by atoms with van der Waals surface area (Å²) in [6.07, 6.45) is 0. The molecule has 2 heterocycles. The fraction of sp³-hybridized carbons (Fsp3) is 0.231. The van der Waals surface area contributed by atoms with Gasteiger partial charge in [-0.05, 0) is 60.0 Å². The van der Waals surface area contributed by atoms with Crippen LogP contribution in [0.4, 0.5) is 0 Å². The molecule has 0 radical (unpaired) electrons. The largest absolute Gasteiger partial charge is 0.496 e. The average molecular weight is 444 g/mol. The molecule has 5 rings (SSSR count). The number of H-pyrrole nitrogens is 1. The van der Waals surface area contributed by atoms with E-state index in [1.54, 1.807) is 18.1 Å². The molecule has 1 aromatic heterocycles. The number of nitrogens with one attached hydrogen (secondary N) is 1. The van der Waals surface area contributed by atoms with Crippen molar-refractivity contribution in [1.29, 1.82) is 0 Å². The summed E-state index contributed by atoms with van der Waals surface area (Å²) in [6.45, 7) is 4.25. The highest BCUT2D eigenvalue weighted by atomic mass is 16.5. The Kier molecular flexibility index (Phi) is 5.26. The van der Waals surface area contributed by atoms with Gasteiger partial charge in [-0.3, -0.25) is 9.59 Å². The number of aromatic nitrogens is 1. The van der Waals surface area contributed by atoms with Gasteiger partial charge in [0.2, 0.25) is 0 Å². The van der Waals surface area contributed by atoms with Crippen LogP contribution in [0, 0.1) is 6.92 Å². The third kappa shape index (κ3) is 3.70. The first-order valence-electron chi connectivity index (χ1n) is 10.9. The van der Waals surface area contributed by atoms with E-state index in [0.29, 0.717) is 42.9 Å². The number of hydrogen-bond donors (Lipinski definition) is 2. The molecule has 1 aliphatic heterocycles. The Labute approximate surface area is 191 Å². The van der Waals surface area contributed by atoms with E-state index in [-0.39, 0.29) is 5.91 Å². The summed E-state index contributed by atoms with van der Waals surface area (Å²) in [7, 11) is 1.64. The van der Waals surface area contributed by atoms with Crippen LogP contribution in [0.2, 0.25) is 0 Å². The molecule has 0 atom stereocenters. The van der Waals surface area contributed by atoms with Crippen LogP contribution < -0.4 is 10.5 Å². The number of fused-ring (bicyclic) bond motifs is 3. The number of benzene rings is 3. The molecule has 0 unspecified atom stereocenters. The third-order valence-corrected chi connectivity index (χ3v) is 6.25. The van der Waals surface area contributed by atoms with E-state index in [1.165, 1.54) is 0 Å². The van der Waals surface area contributed by atoms with Crippen molar-refractivity contribution >= 4 is 33.6 Å². The van der Waals surface area contributed by atoms with E-state index in [2.05, 4.69) is 4.98 Å². The number of morpholine rings is 1. The van der Waals surface area contributed by atoms with Gasteiger partial charge in [0.15, 0.2) is 0 Å². The summed E-state index contributed by atoms with van der Waals surface area (Å²) >= 11 is 0. The van der Waals surface area contributed by atoms with Crippen molar-refractivity contribution in [2.24, 2.45) is 5.73 Å². The number of carbonyl (C=O) groups is 2. The zero-order valence-corrected chi connectivity index (χ0v) is 18.6. The predicted molar refractivity (Wildman–Crippen MR) is 128 cm³/mol. The summed E-state index contributed by atoms with van der Waals surface area (Å²) in [4.78, 5) is 30.4. The first-order valence-corrected chi connectivity index (χ1v) is 10.9. The summed E-state index contributed by atoms with van der Waals surface area (Å²) in [5.41, 5.74) is 11.1. The first-order chi connectivity index (χ1) is 16.0. The minimum atomic E-state index is -0.511. The van der Waals surface area contributed by atoms with Gasteiger partial charge in [-0.2, -0.15) is 0 Å². The first kappa shape index (κ1) is 21.0. The lowest BCUT2D eigenvalue weighted by Crippen LogP contribution is -2.40. The molecule has 3 aromatic carbocycles. The normalized spacial score (nSPS) is 14.1. The molecule has 3 N–H and O–H groups in total. The molecule has 0 spiro atoms. The number of primary amides is 1. The van der Waals surface area contributed by atoms with Crippen LogP contribution in [-0.2, 0) is 4.74 Å². The van der Waals surface area contributed by atoms with Crippen LogP contribution in [0.3, 0.4) is 0 Å². The Morgan fingerprint density at radius 1 is 1.00 bits per heavy atom. The smallest absolute Gasteiger partial charge is 0.254 e. The lowest BCUT2D eigenvalue weighted by atomic mass is 9.97. The number of rotatable bonds is 4. The molecular weight excluding hydrogens is 418 g/mol. The van der Waals surface area contributed by atoms with Gasteiger partial charge in [-0.25, -0.2) is 0 Å². The Hall–Kier alpha value is -3.84. The van der Waals surface area contributed by atoms with Gasteiger partial charge in [0.1, 0.15) is 5.75 Å². The highest BCUT2D eigenvalue weighted by Crippen LogP contribution is 2.34. The van der Waals surface area contributed by atoms with Crippen molar-refractivity contribution in [3.63, 3.8) is 0 Å². The van der Waals surface area contributed by atoms with E-state index in [4.69, 9.17) is 15.2 Å². The van der Waals surface area contributed by atoms with E-state index >= 15 is 0 Å². The molecule has 168 valence electrons. The van der Waals surface area contributed by atoms with Gasteiger partial charge in [0.05, 0.1) is 31.4 Å². The zero-order chi connectivity index (χ0) is 23.1. The Morgan fingerprint density at radius 2 is 1.79 bits per heavy atom. The van der Waals surface area contributed by atoms with Gasteiger partial charge in [0.25, 0.3) is 11.8 Å². The second-order valence-electron chi connectivity index (χ2n) is 8.28. The molecule has 0 saturated carbocycles. The van der Waals surface area contributed by atoms with Gasteiger partial charge in [-0.15, -0.1) is 0 Å². The van der Waals surface area contributed by atoms with Crippen LogP contribution in [0.15, 0.2) is 48.5 Å². The van der Waals surface area contributed by atoms with Crippen LogP contribution in [0.1, 0.15) is 26.3 Å². The summed E-state index contributed by atoms with van der Waals surface area (Å²) in [5, 5.41) is 1.81. The minimum absolute atomic E-state index is 0.0247. The average Bonchev–Trinajstić information content (AvgIpc) is 3.21. The summed E-state index contributed by atoms with van der Waals surface area (Å²) < 4.78 is 10.7. The Bertz CT molecular complexity index is 1400. The van der Waals surface area contributed by atoms with Gasteiger partial charge in [0, 0.05) is 34.9 Å². The zero-order valence-electron chi connectivity index (χ0n) is 18.6. The molecule has 1 aliphatic rings. The third-order valence-electron chi connectivity index (χ3n) is 6.25. The molecule has 7 nitrogen and oxygen atoms in total. The fourth-order valence-electron chi connectivity index (χ4n) is 4.51. The van der Waals surface area contributed by atoms with E-state index in [9.17, 15) is 9.59 Å². The van der Waals surface area contributed by atoms with Crippen molar-refractivity contribution in [3.05, 3.63) is 65.2 Å². The highest BCUT2D eigenvalue weighted by Gasteiger charge is 2.20. The molecule has 33 heavy (non-hydrogen) atoms. The minimum Gasteiger partial charge on any atom is -0.496 e. The molecule has 7 heteroatoms. The molecule has 1 saturated heterocycles. The number of amides is 2. The number of ether oxygens (including phenoxy) is 2. The summed E-state index contributed by atoms with van der Waals surface area (Å²) in [6, 6.07) is 15.4. The molecule has 4 aromatic rings. The number of carbonyl (C=O) groups excluding carboxylic acids is 2. The van der Waals surface area contributed by atoms with Crippen LogP contribution >= 0.6 is 0 Å². The molecular formula is C26H25N3O4. The number of aryl methyl sites for hydroxylation is 1. The number of nitrogens with two attached hydrogens (primary N) is 1. The molecule has 0 aliphatic carbocycles. The number of aromatic amines is 1. The Morgan fingerprint density at radius 3 is 2.48 bits per heavy atom. The van der Waals surface area contributed by atoms with Crippen LogP contribution in [0.25, 0.3) is 32.9 Å². The van der Waals surface area contributed by atoms with Crippen molar-refractivity contribution in [1.82, 2.24) is 9.88 Å². The molecule has 0 bridgehead atoms. The fourth-order valence-corrected chi connectivity index (χ4v) is 4.51. The topological polar surface area (TPSA) is 97.7 Å². The maximum Gasteiger partial charge on any atom is 0.254 e. The summed E-state index contributed by atoms with van der Waals surface area (Å²) in [5.74, 6) is 0.270. The number of nitrogens with zero attached hydrogens (tertiary/aromatic N) is 1. The lowest BCUT2D eigenvalue weighted by Gasteiger charge is -2.26. The maximum absolute atomic E-state index is 12.9. The second kappa shape index (κ2) is 8.26. The van der Waals surface area contributed by atoms with Gasteiger partial charge in [-0.1, -0.05) is 12.1 Å². The molecule has 1 fully saturated rings. The quantitative estimate of drug-likeness (QED) is 0.500. The number of methoxy groups -OCH3 is 1. The SMILES string of the molecule is COc1ccc(-c2cc(C(N)=O)c3[nH]c4cc(C(=O)N5CCOCC5)ccc4c3c2)cc1C. The second-order valence-corrected chi connectivity index (χ2v) is 8.28. The number of hydrogen-bond acceptors (Lipinski definition) is 4. The van der Waals surface area contributed by atoms with E-state index in [0.717, 1.165) is 38.7 Å². The van der Waals surface area contributed by atoms with Crippen molar-refractivity contribution in [2.75, 3.05) is 33.4 Å². The van der Waals surface area contributed by atoms with Gasteiger partial charge >= 0.3 is 0 Å². The Balaban J connectivity index is 1.64.